The van der Waals surface area contributed by atoms with Crippen LogP contribution in [-0.2, 0) is 42.0 Å². The number of likely N-dealkylation sites (N-methyl/N-ethyl adjacent to an activating group) is 1. The van der Waals surface area contributed by atoms with Gasteiger partial charge in [0.05, 0.1) is 31.4 Å². The minimum Gasteiger partial charge on any atom is -0.490 e. The monoisotopic (exact) mass is 744 g/mol. The number of ether oxygens (including phenoxy) is 2. The Balaban J connectivity index is 1.45. The van der Waals surface area contributed by atoms with Gasteiger partial charge in [-0.2, -0.15) is 12.7 Å². The Morgan fingerprint density at radius 1 is 1.22 bits per heavy atom. The van der Waals surface area contributed by atoms with Gasteiger partial charge in [0.25, 0.3) is 5.91 Å². The molecule has 12 nitrogen and oxygen atoms in total. The van der Waals surface area contributed by atoms with Crippen LogP contribution in [0.15, 0.2) is 48.6 Å². The van der Waals surface area contributed by atoms with Crippen molar-refractivity contribution in [1.82, 2.24) is 13.9 Å². The summed E-state index contributed by atoms with van der Waals surface area (Å²) in [5, 5.41) is 24.2. The minimum atomic E-state index is -4.40. The Hall–Kier alpha value is -3.20. The Kier molecular flexibility index (Phi) is 11.1. The van der Waals surface area contributed by atoms with Crippen LogP contribution >= 0.6 is 11.6 Å². The number of hydrogen-bond acceptors (Lipinski definition) is 9. The van der Waals surface area contributed by atoms with E-state index in [4.69, 9.17) is 21.1 Å². The van der Waals surface area contributed by atoms with Crippen molar-refractivity contribution in [2.75, 3.05) is 65.5 Å². The Morgan fingerprint density at radius 3 is 2.76 bits per heavy atom. The average Bonchev–Trinajstić information content (AvgIpc) is 3.23. The first kappa shape index (κ1) is 37.6. The van der Waals surface area contributed by atoms with Crippen molar-refractivity contribution >= 4 is 39.3 Å². The number of carbonyl (C=O) groups excluding carboxylic acids is 2. The first-order chi connectivity index (χ1) is 24.3. The zero-order chi connectivity index (χ0) is 36.6. The molecule has 278 valence electrons. The third-order valence-electron chi connectivity index (χ3n) is 11.3. The standard InChI is InChI=1S/C37H49ClN4O8S/c1-40-16-5-4-8-32(43)29-12-9-26(29)22-42-23-36(15-6-7-25-19-28(38)11-13-30(25)36)24-50-33-14-10-27(20-31(33)42)37(46,21-34(40)44)35(45)39-51(47,48)41(2)17-18-49-3/h4,8,10-11,13-14,19-20,26,29,32,43,46H,5-7,9,12,15-18,21-24H2,1-3H3,(H,39,45)/b8-4+/t26-,29+,32-,36-,37+/m0/s1. The van der Waals surface area contributed by atoms with Crippen LogP contribution in [0.5, 0.6) is 5.75 Å². The van der Waals surface area contributed by atoms with Crippen LogP contribution in [0.2, 0.25) is 5.02 Å². The molecule has 3 N–H and O–H groups in total. The second kappa shape index (κ2) is 15.0. The van der Waals surface area contributed by atoms with Gasteiger partial charge in [0.2, 0.25) is 5.91 Å². The van der Waals surface area contributed by atoms with Crippen LogP contribution in [0.1, 0.15) is 55.2 Å². The maximum Gasteiger partial charge on any atom is 0.303 e. The molecular weight excluding hydrogens is 696 g/mol. The van der Waals surface area contributed by atoms with Gasteiger partial charge < -0.3 is 29.5 Å². The SMILES string of the molecule is COCCN(C)S(=O)(=O)NC(=O)[C@@]1(O)CC(=O)N(C)CC/C=C/[C@H](O)[C@@H]2CC[C@H]2CN2C[C@@]3(CCCc4cc(Cl)ccc43)COc3ccc1cc32. The van der Waals surface area contributed by atoms with Crippen molar-refractivity contribution in [2.24, 2.45) is 11.8 Å². The molecular formula is C37H49ClN4O8S. The highest BCUT2D eigenvalue weighted by Gasteiger charge is 2.47. The second-order valence-electron chi connectivity index (χ2n) is 14.6. The van der Waals surface area contributed by atoms with E-state index in [0.29, 0.717) is 42.6 Å². The van der Waals surface area contributed by atoms with Gasteiger partial charge in [0.15, 0.2) is 5.60 Å². The van der Waals surface area contributed by atoms with Crippen LogP contribution < -0.4 is 14.4 Å². The summed E-state index contributed by atoms with van der Waals surface area (Å²) in [7, 11) is -0.116. The van der Waals surface area contributed by atoms with E-state index >= 15 is 0 Å². The number of amides is 2. The first-order valence-corrected chi connectivity index (χ1v) is 19.5. The number of rotatable bonds is 6. The highest BCUT2D eigenvalue weighted by Crippen LogP contribution is 2.47. The number of aryl methyl sites for hydroxylation is 1. The van der Waals surface area contributed by atoms with E-state index in [2.05, 4.69) is 11.0 Å². The van der Waals surface area contributed by atoms with E-state index < -0.39 is 40.1 Å². The van der Waals surface area contributed by atoms with Crippen LogP contribution in [0, 0.1) is 11.8 Å². The van der Waals surface area contributed by atoms with Crippen LogP contribution in [0.4, 0.5) is 5.69 Å². The molecule has 14 heteroatoms. The molecule has 5 atom stereocenters. The fourth-order valence-electron chi connectivity index (χ4n) is 7.98. The maximum atomic E-state index is 14.0. The van der Waals surface area contributed by atoms with E-state index in [1.54, 1.807) is 25.3 Å². The second-order valence-corrected chi connectivity index (χ2v) is 16.8. The largest absolute Gasteiger partial charge is 0.490 e. The molecule has 0 saturated heterocycles. The molecule has 2 amide bonds. The maximum absolute atomic E-state index is 14.0. The third kappa shape index (κ3) is 7.65. The molecule has 4 aliphatic rings. The number of nitrogens with zero attached hydrogens (tertiary/aromatic N) is 3. The van der Waals surface area contributed by atoms with Crippen LogP contribution in [0.3, 0.4) is 0 Å². The Bertz CT molecular complexity index is 1770. The van der Waals surface area contributed by atoms with E-state index in [1.165, 1.54) is 36.3 Å². The molecule has 1 fully saturated rings. The van der Waals surface area contributed by atoms with Crippen LogP contribution in [0.25, 0.3) is 0 Å². The lowest BCUT2D eigenvalue weighted by Gasteiger charge is -2.45. The van der Waals surface area contributed by atoms with Crippen molar-refractivity contribution in [3.05, 3.63) is 70.3 Å². The molecule has 1 spiro atoms. The number of aliphatic hydroxyl groups is 2. The summed E-state index contributed by atoms with van der Waals surface area (Å²) in [5.74, 6) is -1.05. The predicted molar refractivity (Wildman–Crippen MR) is 194 cm³/mol. The molecule has 2 aromatic carbocycles. The normalized spacial score (nSPS) is 29.0. The minimum absolute atomic E-state index is 0.0359. The van der Waals surface area contributed by atoms with E-state index in [-0.39, 0.29) is 42.5 Å². The van der Waals surface area contributed by atoms with E-state index in [9.17, 15) is 28.2 Å². The molecule has 0 aromatic heterocycles. The van der Waals surface area contributed by atoms with Crippen molar-refractivity contribution in [3.63, 3.8) is 0 Å². The van der Waals surface area contributed by atoms with Crippen LogP contribution in [-0.4, -0.2) is 106 Å². The number of aliphatic hydroxyl groups excluding tert-OH is 1. The number of halogens is 1. The van der Waals surface area contributed by atoms with Gasteiger partial charge in [0.1, 0.15) is 5.75 Å². The van der Waals surface area contributed by atoms with Gasteiger partial charge >= 0.3 is 10.2 Å². The number of methoxy groups -OCH3 is 1. The van der Waals surface area contributed by atoms with Gasteiger partial charge in [-0.25, -0.2) is 4.72 Å². The zero-order valence-electron chi connectivity index (χ0n) is 29.5. The molecule has 2 aliphatic carbocycles. The summed E-state index contributed by atoms with van der Waals surface area (Å²) in [6.07, 6.45) is 7.32. The third-order valence-corrected chi connectivity index (χ3v) is 13.0. The summed E-state index contributed by atoms with van der Waals surface area (Å²) in [5.41, 5.74) is 0.114. The highest BCUT2D eigenvalue weighted by molar-refractivity contribution is 7.87. The number of benzene rings is 2. The summed E-state index contributed by atoms with van der Waals surface area (Å²) in [6.45, 7) is 1.87. The number of fused-ring (bicyclic) bond motifs is 4. The fourth-order valence-corrected chi connectivity index (χ4v) is 9.05. The molecule has 2 aromatic rings. The number of nitrogens with one attached hydrogen (secondary N) is 1. The molecule has 2 aliphatic heterocycles. The Labute approximate surface area is 305 Å². The molecule has 0 radical (unpaired) electrons. The van der Waals surface area contributed by atoms with Gasteiger partial charge in [-0.1, -0.05) is 35.9 Å². The van der Waals surface area contributed by atoms with E-state index in [0.717, 1.165) is 36.4 Å². The van der Waals surface area contributed by atoms with Crippen molar-refractivity contribution in [3.8, 4) is 5.75 Å². The van der Waals surface area contributed by atoms with Crippen molar-refractivity contribution in [1.29, 1.82) is 0 Å². The van der Waals surface area contributed by atoms with Gasteiger partial charge in [-0.05, 0) is 91.3 Å². The van der Waals surface area contributed by atoms with Gasteiger partial charge in [-0.3, -0.25) is 9.59 Å². The number of carbonyl (C=O) groups is 2. The lowest BCUT2D eigenvalue weighted by Crippen LogP contribution is -2.52. The summed E-state index contributed by atoms with van der Waals surface area (Å²) in [4.78, 5) is 31.3. The van der Waals surface area contributed by atoms with Crippen molar-refractivity contribution < 1.29 is 37.7 Å². The summed E-state index contributed by atoms with van der Waals surface area (Å²) >= 11 is 6.43. The average molecular weight is 745 g/mol. The predicted octanol–water partition coefficient (Wildman–Crippen LogP) is 3.14. The van der Waals surface area contributed by atoms with Gasteiger partial charge in [-0.15, -0.1) is 0 Å². The topological polar surface area (TPSA) is 149 Å². The lowest BCUT2D eigenvalue weighted by atomic mass is 9.68. The van der Waals surface area contributed by atoms with E-state index in [1.807, 2.05) is 22.9 Å². The molecule has 1 saturated carbocycles. The Morgan fingerprint density at radius 2 is 2.02 bits per heavy atom. The molecule has 0 unspecified atom stereocenters. The first-order valence-electron chi connectivity index (χ1n) is 17.7. The molecule has 2 heterocycles. The quantitative estimate of drug-likeness (QED) is 0.380. The summed E-state index contributed by atoms with van der Waals surface area (Å²) < 4.78 is 40.9. The van der Waals surface area contributed by atoms with Crippen molar-refractivity contribution in [2.45, 2.75) is 62.1 Å². The molecule has 6 rings (SSSR count). The summed E-state index contributed by atoms with van der Waals surface area (Å²) in [6, 6.07) is 10.9. The number of hydrogen-bond donors (Lipinski definition) is 3. The zero-order valence-corrected chi connectivity index (χ0v) is 31.1. The smallest absolute Gasteiger partial charge is 0.303 e. The molecule has 51 heavy (non-hydrogen) atoms. The lowest BCUT2D eigenvalue weighted by molar-refractivity contribution is -0.148. The highest BCUT2D eigenvalue weighted by atomic mass is 35.5. The number of anilines is 1. The molecule has 2 bridgehead atoms. The fraction of sp³-hybridized carbons (Fsp3) is 0.568. The van der Waals surface area contributed by atoms with Gasteiger partial charge in [0, 0.05) is 57.8 Å².